The quantitative estimate of drug-likeness (QED) is 0.441. The molecular weight excluding hydrogens is 334 g/mol. The molecule has 0 saturated heterocycles. The Morgan fingerprint density at radius 2 is 1.95 bits per heavy atom. The van der Waals surface area contributed by atoms with Gasteiger partial charge in [0.1, 0.15) is 0 Å². The Hall–Kier alpha value is -0.720. The first kappa shape index (κ1) is 21.3. The first-order valence-electron chi connectivity index (χ1n) is 6.61. The standard InChI is InChI=1S/C11H25N3O6S2/c1-5-14(21(4,16)17)10-11(20-6-2)9-12-22(18,19)13(3)7-8-15/h5,11-12,15H,1,6-10H2,2-4H3/t11-/m0/s1. The van der Waals surface area contributed by atoms with E-state index in [-0.39, 0.29) is 26.2 Å². The molecule has 0 unspecified atom stereocenters. The predicted octanol–water partition coefficient (Wildman–Crippen LogP) is -1.44. The van der Waals surface area contributed by atoms with Crippen LogP contribution in [0, 0.1) is 0 Å². The molecule has 0 fully saturated rings. The van der Waals surface area contributed by atoms with Crippen molar-refractivity contribution in [2.24, 2.45) is 0 Å². The van der Waals surface area contributed by atoms with Crippen LogP contribution in [-0.2, 0) is 25.0 Å². The van der Waals surface area contributed by atoms with Crippen molar-refractivity contribution in [1.29, 1.82) is 0 Å². The second kappa shape index (κ2) is 9.43. The molecule has 0 aromatic carbocycles. The molecule has 2 N–H and O–H groups in total. The molecule has 0 spiro atoms. The van der Waals surface area contributed by atoms with Crippen LogP contribution in [0.25, 0.3) is 0 Å². The van der Waals surface area contributed by atoms with Crippen LogP contribution >= 0.6 is 0 Å². The minimum atomic E-state index is -3.76. The van der Waals surface area contributed by atoms with E-state index in [4.69, 9.17) is 9.84 Å². The number of aliphatic hydroxyl groups is 1. The SMILES string of the molecule is C=CN(C[C@H](CNS(=O)(=O)N(C)CCO)OCC)S(C)(=O)=O. The van der Waals surface area contributed by atoms with Crippen molar-refractivity contribution in [3.63, 3.8) is 0 Å². The predicted molar refractivity (Wildman–Crippen MR) is 83.8 cm³/mol. The van der Waals surface area contributed by atoms with Crippen LogP contribution in [-0.4, -0.2) is 82.8 Å². The summed E-state index contributed by atoms with van der Waals surface area (Å²) in [6.07, 6.45) is 1.50. The van der Waals surface area contributed by atoms with Gasteiger partial charge in [-0.25, -0.2) is 8.42 Å². The molecule has 0 aromatic heterocycles. The number of aliphatic hydroxyl groups excluding tert-OH is 1. The number of nitrogens with one attached hydrogen (secondary N) is 1. The zero-order valence-corrected chi connectivity index (χ0v) is 14.7. The molecule has 11 heteroatoms. The zero-order chi connectivity index (χ0) is 17.4. The van der Waals surface area contributed by atoms with Crippen molar-refractivity contribution < 1.29 is 26.7 Å². The van der Waals surface area contributed by atoms with E-state index in [1.54, 1.807) is 6.92 Å². The number of rotatable bonds is 12. The van der Waals surface area contributed by atoms with Gasteiger partial charge in [-0.05, 0) is 6.92 Å². The summed E-state index contributed by atoms with van der Waals surface area (Å²) in [6, 6.07) is 0. The summed E-state index contributed by atoms with van der Waals surface area (Å²) in [5, 5.41) is 8.76. The third-order valence-corrected chi connectivity index (χ3v) is 5.42. The van der Waals surface area contributed by atoms with E-state index in [0.29, 0.717) is 6.61 Å². The van der Waals surface area contributed by atoms with Crippen LogP contribution in [0.4, 0.5) is 0 Å². The van der Waals surface area contributed by atoms with E-state index < -0.39 is 26.3 Å². The van der Waals surface area contributed by atoms with Crippen LogP contribution in [0.15, 0.2) is 12.8 Å². The third kappa shape index (κ3) is 7.51. The molecule has 0 bridgehead atoms. The first-order valence-corrected chi connectivity index (χ1v) is 9.90. The lowest BCUT2D eigenvalue weighted by molar-refractivity contribution is 0.0582. The Bertz CT molecular complexity index is 534. The summed E-state index contributed by atoms with van der Waals surface area (Å²) in [5.41, 5.74) is 0. The van der Waals surface area contributed by atoms with Crippen molar-refractivity contribution in [1.82, 2.24) is 13.3 Å². The van der Waals surface area contributed by atoms with Crippen molar-refractivity contribution in [2.75, 3.05) is 46.2 Å². The highest BCUT2D eigenvalue weighted by atomic mass is 32.2. The lowest BCUT2D eigenvalue weighted by Crippen LogP contribution is -2.46. The highest BCUT2D eigenvalue weighted by Crippen LogP contribution is 2.04. The third-order valence-electron chi connectivity index (χ3n) is 2.73. The molecule has 0 radical (unpaired) electrons. The number of hydrogen-bond donors (Lipinski definition) is 2. The smallest absolute Gasteiger partial charge is 0.279 e. The maximum atomic E-state index is 11.9. The maximum absolute atomic E-state index is 11.9. The second-order valence-electron chi connectivity index (χ2n) is 4.49. The summed E-state index contributed by atoms with van der Waals surface area (Å²) >= 11 is 0. The molecule has 0 rings (SSSR count). The minimum absolute atomic E-state index is 0.0449. The second-order valence-corrected chi connectivity index (χ2v) is 8.29. The summed E-state index contributed by atoms with van der Waals surface area (Å²) in [7, 11) is -5.94. The van der Waals surface area contributed by atoms with Gasteiger partial charge >= 0.3 is 0 Å². The van der Waals surface area contributed by atoms with Gasteiger partial charge in [0.25, 0.3) is 10.2 Å². The van der Waals surface area contributed by atoms with Crippen molar-refractivity contribution >= 4 is 20.2 Å². The van der Waals surface area contributed by atoms with E-state index in [0.717, 1.165) is 21.1 Å². The molecule has 132 valence electrons. The van der Waals surface area contributed by atoms with Crippen LogP contribution in [0.2, 0.25) is 0 Å². The highest BCUT2D eigenvalue weighted by Gasteiger charge is 2.22. The summed E-state index contributed by atoms with van der Waals surface area (Å²) < 4.78 is 56.4. The Morgan fingerprint density at radius 1 is 1.36 bits per heavy atom. The van der Waals surface area contributed by atoms with Crippen LogP contribution in [0.1, 0.15) is 6.92 Å². The van der Waals surface area contributed by atoms with Gasteiger partial charge in [-0.2, -0.15) is 17.4 Å². The topological polar surface area (TPSA) is 116 Å². The number of hydrogen-bond acceptors (Lipinski definition) is 6. The van der Waals surface area contributed by atoms with Gasteiger partial charge in [-0.3, -0.25) is 4.31 Å². The fraction of sp³-hybridized carbons (Fsp3) is 0.818. The van der Waals surface area contributed by atoms with Gasteiger partial charge in [0.2, 0.25) is 10.0 Å². The Morgan fingerprint density at radius 3 is 2.36 bits per heavy atom. The summed E-state index contributed by atoms with van der Waals surface area (Å²) in [5.74, 6) is 0. The van der Waals surface area contributed by atoms with E-state index in [1.807, 2.05) is 0 Å². The minimum Gasteiger partial charge on any atom is -0.395 e. The number of sulfonamides is 1. The zero-order valence-electron chi connectivity index (χ0n) is 13.1. The Balaban J connectivity index is 4.82. The van der Waals surface area contributed by atoms with Gasteiger partial charge in [-0.15, -0.1) is 0 Å². The summed E-state index contributed by atoms with van der Waals surface area (Å²) in [4.78, 5) is 0. The van der Waals surface area contributed by atoms with Crippen molar-refractivity contribution in [2.45, 2.75) is 13.0 Å². The first-order chi connectivity index (χ1) is 10.1. The fourth-order valence-corrected chi connectivity index (χ4v) is 3.17. The van der Waals surface area contributed by atoms with Crippen LogP contribution < -0.4 is 4.72 Å². The van der Waals surface area contributed by atoms with E-state index in [9.17, 15) is 16.8 Å². The average Bonchev–Trinajstić information content (AvgIpc) is 2.40. The maximum Gasteiger partial charge on any atom is 0.279 e. The largest absolute Gasteiger partial charge is 0.395 e. The van der Waals surface area contributed by atoms with Gasteiger partial charge in [0.15, 0.2) is 0 Å². The lowest BCUT2D eigenvalue weighted by atomic mass is 10.3. The molecular formula is C11H25N3O6S2. The Kier molecular flexibility index (Phi) is 9.12. The molecule has 22 heavy (non-hydrogen) atoms. The monoisotopic (exact) mass is 359 g/mol. The fourth-order valence-electron chi connectivity index (χ4n) is 1.53. The van der Waals surface area contributed by atoms with Gasteiger partial charge in [-0.1, -0.05) is 6.58 Å². The van der Waals surface area contributed by atoms with Crippen LogP contribution in [0.5, 0.6) is 0 Å². The molecule has 0 aliphatic carbocycles. The number of likely N-dealkylation sites (N-methyl/N-ethyl adjacent to an activating group) is 1. The normalized spacial score (nSPS) is 14.0. The van der Waals surface area contributed by atoms with E-state index in [2.05, 4.69) is 11.3 Å². The molecule has 0 heterocycles. The average molecular weight is 359 g/mol. The molecule has 0 aromatic rings. The Labute approximate surface area is 132 Å². The van der Waals surface area contributed by atoms with Crippen molar-refractivity contribution in [3.8, 4) is 0 Å². The molecule has 0 aliphatic rings. The van der Waals surface area contributed by atoms with E-state index in [1.165, 1.54) is 7.05 Å². The lowest BCUT2D eigenvalue weighted by Gasteiger charge is -2.25. The molecule has 0 aliphatic heterocycles. The summed E-state index contributed by atoms with van der Waals surface area (Å²) in [6.45, 7) is 4.93. The molecule has 9 nitrogen and oxygen atoms in total. The van der Waals surface area contributed by atoms with Gasteiger partial charge in [0.05, 0.1) is 25.5 Å². The molecule has 0 saturated carbocycles. The van der Waals surface area contributed by atoms with E-state index >= 15 is 0 Å². The molecule has 1 atom stereocenters. The molecule has 0 amide bonds. The van der Waals surface area contributed by atoms with Crippen molar-refractivity contribution in [3.05, 3.63) is 12.8 Å². The van der Waals surface area contributed by atoms with Gasteiger partial charge in [0, 0.05) is 32.9 Å². The number of ether oxygens (including phenoxy) is 1. The highest BCUT2D eigenvalue weighted by molar-refractivity contribution is 7.88. The van der Waals surface area contributed by atoms with Crippen LogP contribution in [0.3, 0.4) is 0 Å². The number of nitrogens with zero attached hydrogens (tertiary/aromatic N) is 2. The van der Waals surface area contributed by atoms with Gasteiger partial charge < -0.3 is 9.84 Å².